The smallest absolute Gasteiger partial charge is 0.475 e. The molecule has 3 saturated heterocycles. The molecule has 41 heavy (non-hydrogen) atoms. The topological polar surface area (TPSA) is 136 Å². The number of aliphatic carboxylic acids is 2. The quantitative estimate of drug-likeness (QED) is 0.484. The van der Waals surface area contributed by atoms with Crippen molar-refractivity contribution in [3.05, 3.63) is 18.0 Å². The number of aromatic nitrogens is 2. The Balaban J connectivity index is 0.000000349. The van der Waals surface area contributed by atoms with Gasteiger partial charge in [-0.25, -0.2) is 19.6 Å². The minimum Gasteiger partial charge on any atom is -0.475 e. The number of amides is 1. The van der Waals surface area contributed by atoms with Crippen LogP contribution in [0.25, 0.3) is 0 Å². The Morgan fingerprint density at radius 2 is 1.51 bits per heavy atom. The first kappa shape index (κ1) is 34.0. The highest BCUT2D eigenvalue weighted by molar-refractivity contribution is 5.83. The molecule has 0 aromatic carbocycles. The van der Waals surface area contributed by atoms with Gasteiger partial charge in [-0.05, 0) is 24.8 Å². The van der Waals surface area contributed by atoms with Crippen molar-refractivity contribution in [2.75, 3.05) is 58.4 Å². The van der Waals surface area contributed by atoms with Crippen LogP contribution in [0.1, 0.15) is 25.3 Å². The summed E-state index contributed by atoms with van der Waals surface area (Å²) in [5.41, 5.74) is 1.15. The third kappa shape index (κ3) is 8.40. The number of alkyl halides is 6. The predicted molar refractivity (Wildman–Crippen MR) is 131 cm³/mol. The molecule has 1 aromatic rings. The van der Waals surface area contributed by atoms with Crippen LogP contribution >= 0.6 is 0 Å². The number of ether oxygens (including phenoxy) is 1. The summed E-state index contributed by atoms with van der Waals surface area (Å²) < 4.78 is 68.7. The summed E-state index contributed by atoms with van der Waals surface area (Å²) in [7, 11) is 3.75. The molecule has 3 fully saturated rings. The number of hydrogen-bond acceptors (Lipinski definition) is 8. The lowest BCUT2D eigenvalue weighted by atomic mass is 9.75. The molecule has 0 unspecified atom stereocenters. The minimum atomic E-state index is -5.08. The number of aryl methyl sites for hydroxylation is 1. The standard InChI is InChI=1S/C20H31N5O2.2C2HF3O2/c1-4-15-11-21-19(22-12-15)25-7-5-20(6-8-25)17-14-24(9-10-27-3)13-16(17)18(26)23(20)2;2*3-2(4,5)1(6)7/h11-12,16-17H,4-10,13-14H2,1-3H3;2*(H,6,7)/t16-,17+;;/m0../s1. The highest BCUT2D eigenvalue weighted by Crippen LogP contribution is 2.49. The van der Waals surface area contributed by atoms with E-state index in [1.807, 2.05) is 19.4 Å². The van der Waals surface area contributed by atoms with Crippen molar-refractivity contribution >= 4 is 23.8 Å². The van der Waals surface area contributed by atoms with Crippen LogP contribution in [-0.2, 0) is 25.5 Å². The van der Waals surface area contributed by atoms with E-state index in [4.69, 9.17) is 24.5 Å². The number of halogens is 6. The first-order valence-corrected chi connectivity index (χ1v) is 12.6. The summed E-state index contributed by atoms with van der Waals surface area (Å²) in [5.74, 6) is -3.79. The van der Waals surface area contributed by atoms with Gasteiger partial charge in [-0.15, -0.1) is 0 Å². The average molecular weight is 602 g/mol. The summed E-state index contributed by atoms with van der Waals surface area (Å²) in [5, 5.41) is 14.2. The van der Waals surface area contributed by atoms with E-state index in [1.165, 1.54) is 5.56 Å². The Bertz CT molecular complexity index is 1020. The lowest BCUT2D eigenvalue weighted by molar-refractivity contribution is -0.193. The molecular formula is C24H33F6N5O6. The van der Waals surface area contributed by atoms with Crippen LogP contribution in [0.3, 0.4) is 0 Å². The average Bonchev–Trinajstić information content (AvgIpc) is 3.42. The molecule has 2 N–H and O–H groups in total. The molecule has 2 atom stereocenters. The molecule has 0 bridgehead atoms. The summed E-state index contributed by atoms with van der Waals surface area (Å²) >= 11 is 0. The Kier molecular flexibility index (Phi) is 11.3. The SMILES string of the molecule is CCc1cnc(N2CCC3(CC2)[C@@H]2CN(CCOC)C[C@@H]2C(=O)N3C)nc1.O=C(O)C(F)(F)F.O=C(O)C(F)(F)F. The summed E-state index contributed by atoms with van der Waals surface area (Å²) in [4.78, 5) is 46.6. The van der Waals surface area contributed by atoms with Gasteiger partial charge in [0.05, 0.1) is 18.1 Å². The van der Waals surface area contributed by atoms with Crippen LogP contribution in [0.5, 0.6) is 0 Å². The third-order valence-electron chi connectivity index (χ3n) is 7.51. The maximum absolute atomic E-state index is 12.9. The van der Waals surface area contributed by atoms with Crippen LogP contribution in [0.4, 0.5) is 32.3 Å². The van der Waals surface area contributed by atoms with Gasteiger partial charge < -0.3 is 24.7 Å². The fourth-order valence-electron chi connectivity index (χ4n) is 5.29. The maximum Gasteiger partial charge on any atom is 0.490 e. The Morgan fingerprint density at radius 3 is 1.93 bits per heavy atom. The highest BCUT2D eigenvalue weighted by atomic mass is 19.4. The number of carbonyl (C=O) groups is 3. The largest absolute Gasteiger partial charge is 0.490 e. The number of methoxy groups -OCH3 is 1. The molecule has 1 aromatic heterocycles. The first-order chi connectivity index (χ1) is 19.0. The number of piperidine rings is 1. The summed E-state index contributed by atoms with van der Waals surface area (Å²) in [6.45, 7) is 7.46. The molecule has 1 amide bonds. The van der Waals surface area contributed by atoms with E-state index in [2.05, 4.69) is 31.6 Å². The van der Waals surface area contributed by atoms with Gasteiger partial charge in [-0.3, -0.25) is 9.69 Å². The van der Waals surface area contributed by atoms with Crippen molar-refractivity contribution < 1.29 is 55.7 Å². The predicted octanol–water partition coefficient (Wildman–Crippen LogP) is 2.31. The van der Waals surface area contributed by atoms with Crippen LogP contribution in [0, 0.1) is 11.8 Å². The monoisotopic (exact) mass is 601 g/mol. The van der Waals surface area contributed by atoms with Crippen LogP contribution in [0.2, 0.25) is 0 Å². The second-order valence-electron chi connectivity index (χ2n) is 9.80. The number of carboxylic acid groups (broad SMARTS) is 2. The molecule has 0 radical (unpaired) electrons. The molecule has 3 aliphatic heterocycles. The fourth-order valence-corrected chi connectivity index (χ4v) is 5.29. The van der Waals surface area contributed by atoms with Crippen molar-refractivity contribution in [3.63, 3.8) is 0 Å². The van der Waals surface area contributed by atoms with Crippen LogP contribution in [-0.4, -0.2) is 119 Å². The number of carboxylic acids is 2. The Hall–Kier alpha value is -3.21. The fraction of sp³-hybridized carbons (Fsp3) is 0.708. The molecular weight excluding hydrogens is 568 g/mol. The number of anilines is 1. The zero-order valence-electron chi connectivity index (χ0n) is 22.7. The van der Waals surface area contributed by atoms with Gasteiger partial charge in [0.1, 0.15) is 0 Å². The van der Waals surface area contributed by atoms with Crippen molar-refractivity contribution in [1.29, 1.82) is 0 Å². The first-order valence-electron chi connectivity index (χ1n) is 12.6. The lowest BCUT2D eigenvalue weighted by Crippen LogP contribution is -2.56. The van der Waals surface area contributed by atoms with E-state index in [1.54, 1.807) is 7.11 Å². The summed E-state index contributed by atoms with van der Waals surface area (Å²) in [6, 6.07) is 0. The van der Waals surface area contributed by atoms with Gasteiger partial charge in [-0.2, -0.15) is 26.3 Å². The molecule has 4 heterocycles. The minimum absolute atomic E-state index is 0.0105. The Labute approximate surface area is 232 Å². The van der Waals surface area contributed by atoms with E-state index in [0.29, 0.717) is 11.8 Å². The van der Waals surface area contributed by atoms with E-state index in [0.717, 1.165) is 64.5 Å². The summed E-state index contributed by atoms with van der Waals surface area (Å²) in [6.07, 6.45) is -3.36. The number of hydrogen-bond donors (Lipinski definition) is 2. The van der Waals surface area contributed by atoms with Gasteiger partial charge in [0, 0.05) is 65.2 Å². The molecule has 4 rings (SSSR count). The molecule has 0 aliphatic carbocycles. The van der Waals surface area contributed by atoms with Crippen LogP contribution < -0.4 is 4.90 Å². The third-order valence-corrected chi connectivity index (χ3v) is 7.51. The van der Waals surface area contributed by atoms with Gasteiger partial charge in [0.15, 0.2) is 0 Å². The van der Waals surface area contributed by atoms with Crippen molar-refractivity contribution in [3.8, 4) is 0 Å². The van der Waals surface area contributed by atoms with E-state index in [-0.39, 0.29) is 11.5 Å². The Morgan fingerprint density at radius 1 is 1.02 bits per heavy atom. The van der Waals surface area contributed by atoms with Crippen molar-refractivity contribution in [2.24, 2.45) is 11.8 Å². The normalized spacial score (nSPS) is 22.0. The van der Waals surface area contributed by atoms with Gasteiger partial charge in [0.2, 0.25) is 11.9 Å². The lowest BCUT2D eigenvalue weighted by Gasteiger charge is -2.46. The van der Waals surface area contributed by atoms with E-state index >= 15 is 0 Å². The maximum atomic E-state index is 12.9. The second kappa shape index (κ2) is 13.6. The van der Waals surface area contributed by atoms with Crippen LogP contribution in [0.15, 0.2) is 12.4 Å². The number of likely N-dealkylation sites (tertiary alicyclic amines) is 2. The number of nitrogens with zero attached hydrogens (tertiary/aromatic N) is 5. The number of rotatable bonds is 5. The van der Waals surface area contributed by atoms with Gasteiger partial charge >= 0.3 is 24.3 Å². The molecule has 232 valence electrons. The molecule has 17 heteroatoms. The second-order valence-corrected chi connectivity index (χ2v) is 9.80. The van der Waals surface area contributed by atoms with E-state index < -0.39 is 24.3 Å². The molecule has 3 aliphatic rings. The molecule has 1 spiro atoms. The highest BCUT2D eigenvalue weighted by Gasteiger charge is 2.60. The van der Waals surface area contributed by atoms with Crippen molar-refractivity contribution in [1.82, 2.24) is 19.8 Å². The molecule has 11 nitrogen and oxygen atoms in total. The number of carbonyl (C=O) groups excluding carboxylic acids is 1. The number of fused-ring (bicyclic) bond motifs is 2. The zero-order valence-corrected chi connectivity index (χ0v) is 22.7. The van der Waals surface area contributed by atoms with Gasteiger partial charge in [-0.1, -0.05) is 6.92 Å². The van der Waals surface area contributed by atoms with Gasteiger partial charge in [0.25, 0.3) is 0 Å². The van der Waals surface area contributed by atoms with E-state index in [9.17, 15) is 31.1 Å². The van der Waals surface area contributed by atoms with Crippen molar-refractivity contribution in [2.45, 2.75) is 44.1 Å². The zero-order chi connectivity index (χ0) is 31.2. The molecule has 0 saturated carbocycles.